The van der Waals surface area contributed by atoms with Crippen LogP contribution in [0.15, 0.2) is 23.2 Å². The Labute approximate surface area is 105 Å². The Hall–Kier alpha value is -1.78. The number of hydrogen-bond acceptors (Lipinski definition) is 3. The van der Waals surface area contributed by atoms with E-state index in [1.165, 1.54) is 17.8 Å². The number of hydrogen-bond donors (Lipinski definition) is 0. The first kappa shape index (κ1) is 12.7. The topological polar surface area (TPSA) is 55.5 Å². The molecule has 0 fully saturated rings. The maximum absolute atomic E-state index is 13.6. The van der Waals surface area contributed by atoms with Gasteiger partial charge in [-0.1, -0.05) is 0 Å². The van der Waals surface area contributed by atoms with Gasteiger partial charge in [-0.15, -0.1) is 0 Å². The highest BCUT2D eigenvalue weighted by Crippen LogP contribution is 2.19. The normalized spacial score (nSPS) is 14.6. The van der Waals surface area contributed by atoms with Crippen molar-refractivity contribution in [2.45, 2.75) is 32.1 Å². The average molecular weight is 250 g/mol. The zero-order chi connectivity index (χ0) is 13.0. The van der Waals surface area contributed by atoms with E-state index in [4.69, 9.17) is 0 Å². The van der Waals surface area contributed by atoms with Crippen LogP contribution in [0.3, 0.4) is 0 Å². The van der Waals surface area contributed by atoms with E-state index in [2.05, 4.69) is 4.99 Å². The number of halogens is 1. The number of non-ortho nitro benzene ring substituents is 1. The van der Waals surface area contributed by atoms with Crippen LogP contribution in [0.4, 0.5) is 10.1 Å². The molecule has 4 nitrogen and oxygen atoms in total. The molecule has 0 aromatic heterocycles. The van der Waals surface area contributed by atoms with Gasteiger partial charge < -0.3 is 0 Å². The molecule has 1 aromatic carbocycles. The molecule has 0 saturated carbocycles. The van der Waals surface area contributed by atoms with Crippen molar-refractivity contribution in [3.63, 3.8) is 0 Å². The van der Waals surface area contributed by atoms with Gasteiger partial charge >= 0.3 is 0 Å². The second kappa shape index (κ2) is 5.71. The number of aryl methyl sites for hydroxylation is 1. The van der Waals surface area contributed by atoms with E-state index in [-0.39, 0.29) is 5.69 Å². The first-order valence-corrected chi connectivity index (χ1v) is 6.12. The summed E-state index contributed by atoms with van der Waals surface area (Å²) >= 11 is 0. The summed E-state index contributed by atoms with van der Waals surface area (Å²) in [4.78, 5) is 14.3. The lowest BCUT2D eigenvalue weighted by Crippen LogP contribution is -1.98. The van der Waals surface area contributed by atoms with Crippen molar-refractivity contribution >= 4 is 11.4 Å². The fourth-order valence-corrected chi connectivity index (χ4v) is 2.14. The highest BCUT2D eigenvalue weighted by atomic mass is 19.1. The SMILES string of the molecule is O=[N+]([O-])c1ccc(CCCC2=NCCC2)c(F)c1. The first-order chi connectivity index (χ1) is 8.66. The third kappa shape index (κ3) is 3.12. The van der Waals surface area contributed by atoms with Crippen molar-refractivity contribution in [2.24, 2.45) is 4.99 Å². The van der Waals surface area contributed by atoms with Crippen molar-refractivity contribution < 1.29 is 9.31 Å². The molecule has 1 heterocycles. The van der Waals surface area contributed by atoms with Crippen LogP contribution < -0.4 is 0 Å². The molecular weight excluding hydrogens is 235 g/mol. The molecule has 0 bridgehead atoms. The lowest BCUT2D eigenvalue weighted by atomic mass is 10.0. The minimum absolute atomic E-state index is 0.198. The molecule has 0 amide bonds. The molecular formula is C13H15FN2O2. The van der Waals surface area contributed by atoms with Crippen LogP contribution in [-0.4, -0.2) is 17.2 Å². The quantitative estimate of drug-likeness (QED) is 0.594. The minimum atomic E-state index is -0.583. The van der Waals surface area contributed by atoms with E-state index >= 15 is 0 Å². The second-order valence-corrected chi connectivity index (χ2v) is 4.44. The van der Waals surface area contributed by atoms with Crippen molar-refractivity contribution in [3.05, 3.63) is 39.7 Å². The molecule has 2 rings (SSSR count). The molecule has 18 heavy (non-hydrogen) atoms. The Balaban J connectivity index is 1.91. The summed E-state index contributed by atoms with van der Waals surface area (Å²) in [6.07, 6.45) is 4.52. The molecule has 1 aliphatic heterocycles. The van der Waals surface area contributed by atoms with Gasteiger partial charge in [0.2, 0.25) is 0 Å². The van der Waals surface area contributed by atoms with Crippen LogP contribution in [0.25, 0.3) is 0 Å². The third-order valence-electron chi connectivity index (χ3n) is 3.12. The minimum Gasteiger partial charge on any atom is -0.294 e. The summed E-state index contributed by atoms with van der Waals surface area (Å²) in [6, 6.07) is 3.85. The number of rotatable bonds is 5. The monoisotopic (exact) mass is 250 g/mol. The predicted molar refractivity (Wildman–Crippen MR) is 67.5 cm³/mol. The third-order valence-corrected chi connectivity index (χ3v) is 3.12. The van der Waals surface area contributed by atoms with Gasteiger partial charge in [-0.3, -0.25) is 15.1 Å². The molecule has 0 atom stereocenters. The van der Waals surface area contributed by atoms with E-state index in [1.807, 2.05) is 0 Å². The summed E-state index contributed by atoms with van der Waals surface area (Å²) in [5, 5.41) is 10.5. The van der Waals surface area contributed by atoms with E-state index in [1.54, 1.807) is 0 Å². The van der Waals surface area contributed by atoms with Gasteiger partial charge in [0.05, 0.1) is 11.0 Å². The molecule has 1 aromatic rings. The molecule has 0 unspecified atom stereocenters. The van der Waals surface area contributed by atoms with Crippen LogP contribution in [0.5, 0.6) is 0 Å². The zero-order valence-electron chi connectivity index (χ0n) is 10.1. The number of nitrogens with zero attached hydrogens (tertiary/aromatic N) is 2. The largest absolute Gasteiger partial charge is 0.294 e. The van der Waals surface area contributed by atoms with Crippen LogP contribution in [-0.2, 0) is 6.42 Å². The summed E-state index contributed by atoms with van der Waals surface area (Å²) < 4.78 is 13.6. The maximum atomic E-state index is 13.6. The van der Waals surface area contributed by atoms with Crippen LogP contribution >= 0.6 is 0 Å². The summed E-state index contributed by atoms with van der Waals surface area (Å²) in [5.41, 5.74) is 1.56. The average Bonchev–Trinajstić information content (AvgIpc) is 2.84. The Bertz CT molecular complexity index is 486. The molecule has 0 aliphatic carbocycles. The van der Waals surface area contributed by atoms with Gasteiger partial charge in [-0.05, 0) is 43.7 Å². The lowest BCUT2D eigenvalue weighted by Gasteiger charge is -2.03. The van der Waals surface area contributed by atoms with Gasteiger partial charge in [0, 0.05) is 18.3 Å². The second-order valence-electron chi connectivity index (χ2n) is 4.44. The fourth-order valence-electron chi connectivity index (χ4n) is 2.14. The Morgan fingerprint density at radius 1 is 1.39 bits per heavy atom. The zero-order valence-corrected chi connectivity index (χ0v) is 10.1. The highest BCUT2D eigenvalue weighted by Gasteiger charge is 2.11. The Morgan fingerprint density at radius 2 is 2.22 bits per heavy atom. The molecule has 0 radical (unpaired) electrons. The van der Waals surface area contributed by atoms with Crippen molar-refractivity contribution in [1.29, 1.82) is 0 Å². The summed E-state index contributed by atoms with van der Waals surface area (Å²) in [6.45, 7) is 0.918. The molecule has 96 valence electrons. The van der Waals surface area contributed by atoms with Gasteiger partial charge in [-0.2, -0.15) is 0 Å². The van der Waals surface area contributed by atoms with E-state index in [9.17, 15) is 14.5 Å². The van der Waals surface area contributed by atoms with E-state index in [0.717, 1.165) is 38.3 Å². The van der Waals surface area contributed by atoms with E-state index in [0.29, 0.717) is 12.0 Å². The van der Waals surface area contributed by atoms with Crippen LogP contribution in [0.2, 0.25) is 0 Å². The first-order valence-electron chi connectivity index (χ1n) is 6.12. The van der Waals surface area contributed by atoms with Gasteiger partial charge in [0.1, 0.15) is 5.82 Å². The number of nitro benzene ring substituents is 1. The van der Waals surface area contributed by atoms with Crippen LogP contribution in [0, 0.1) is 15.9 Å². The van der Waals surface area contributed by atoms with Gasteiger partial charge in [0.25, 0.3) is 5.69 Å². The fraction of sp³-hybridized carbons (Fsp3) is 0.462. The Morgan fingerprint density at radius 3 is 2.83 bits per heavy atom. The molecule has 5 heteroatoms. The molecule has 1 aliphatic rings. The maximum Gasteiger partial charge on any atom is 0.272 e. The Kier molecular flexibility index (Phi) is 4.02. The molecule has 0 N–H and O–H groups in total. The van der Waals surface area contributed by atoms with Gasteiger partial charge in [-0.25, -0.2) is 4.39 Å². The number of nitro groups is 1. The summed E-state index contributed by atoms with van der Waals surface area (Å²) in [5.74, 6) is -0.488. The molecule has 0 spiro atoms. The molecule has 0 saturated heterocycles. The van der Waals surface area contributed by atoms with Crippen LogP contribution in [0.1, 0.15) is 31.2 Å². The van der Waals surface area contributed by atoms with E-state index < -0.39 is 10.7 Å². The van der Waals surface area contributed by atoms with Crippen molar-refractivity contribution in [3.8, 4) is 0 Å². The lowest BCUT2D eigenvalue weighted by molar-refractivity contribution is -0.385. The van der Waals surface area contributed by atoms with Crippen molar-refractivity contribution in [2.75, 3.05) is 6.54 Å². The number of aliphatic imine (C=N–C) groups is 1. The summed E-state index contributed by atoms with van der Waals surface area (Å²) in [7, 11) is 0. The van der Waals surface area contributed by atoms with Gasteiger partial charge in [0.15, 0.2) is 0 Å². The number of benzene rings is 1. The standard InChI is InChI=1S/C13H15FN2O2/c14-13-9-12(16(17)18)7-6-10(13)3-1-4-11-5-2-8-15-11/h6-7,9H,1-5,8H2. The highest BCUT2D eigenvalue weighted by molar-refractivity contribution is 5.85. The van der Waals surface area contributed by atoms with Crippen molar-refractivity contribution in [1.82, 2.24) is 0 Å². The predicted octanol–water partition coefficient (Wildman–Crippen LogP) is 3.29. The smallest absolute Gasteiger partial charge is 0.272 e.